The number of aromatic nitrogens is 1. The van der Waals surface area contributed by atoms with Crippen molar-refractivity contribution in [2.24, 2.45) is 0 Å². The fraction of sp³-hybridized carbons (Fsp3) is 0.333. The third-order valence-electron chi connectivity index (χ3n) is 1.85. The summed E-state index contributed by atoms with van der Waals surface area (Å²) in [6.45, 7) is 2.60. The molecule has 13 heavy (non-hydrogen) atoms. The van der Waals surface area contributed by atoms with Gasteiger partial charge in [-0.25, -0.2) is 4.98 Å². The number of nitrogen functional groups attached to an aromatic ring is 1. The first-order valence-electron chi connectivity index (χ1n) is 4.12. The number of hydrogen-bond acceptors (Lipinski definition) is 3. The van der Waals surface area contributed by atoms with Crippen LogP contribution in [0.2, 0.25) is 0 Å². The van der Waals surface area contributed by atoms with Gasteiger partial charge in [0.2, 0.25) is 0 Å². The molecule has 0 aliphatic heterocycles. The van der Waals surface area contributed by atoms with Crippen molar-refractivity contribution in [2.45, 2.75) is 6.92 Å². The van der Waals surface area contributed by atoms with E-state index in [1.54, 1.807) is 24.1 Å². The van der Waals surface area contributed by atoms with E-state index in [1.807, 2.05) is 6.92 Å². The zero-order valence-electron chi connectivity index (χ0n) is 7.82. The van der Waals surface area contributed by atoms with Gasteiger partial charge in [-0.2, -0.15) is 0 Å². The predicted octanol–water partition coefficient (Wildman–Crippen LogP) is 0.756. The molecule has 4 heteroatoms. The maximum Gasteiger partial charge on any atom is 0.255 e. The van der Waals surface area contributed by atoms with Gasteiger partial charge < -0.3 is 10.6 Å². The number of hydrogen-bond donors (Lipinski definition) is 1. The molecule has 0 saturated heterocycles. The molecule has 0 fully saturated rings. The zero-order valence-corrected chi connectivity index (χ0v) is 7.82. The highest BCUT2D eigenvalue weighted by molar-refractivity contribution is 5.93. The van der Waals surface area contributed by atoms with E-state index < -0.39 is 0 Å². The summed E-state index contributed by atoms with van der Waals surface area (Å²) < 4.78 is 0. The molecule has 1 heterocycles. The smallest absolute Gasteiger partial charge is 0.255 e. The summed E-state index contributed by atoms with van der Waals surface area (Å²) in [5.74, 6) is 0.394. The minimum Gasteiger partial charge on any atom is -0.384 e. The van der Waals surface area contributed by atoms with E-state index in [-0.39, 0.29) is 5.91 Å². The average Bonchev–Trinajstić information content (AvgIpc) is 2.17. The normalized spacial score (nSPS) is 9.69. The highest BCUT2D eigenvalue weighted by Crippen LogP contribution is 2.03. The summed E-state index contributed by atoms with van der Waals surface area (Å²) in [5, 5.41) is 0. The standard InChI is InChI=1S/C9H13N3O/c1-3-12(2)9(13)7-4-5-8(10)11-6-7/h4-6H,3H2,1-2H3,(H2,10,11). The van der Waals surface area contributed by atoms with Gasteiger partial charge in [0.15, 0.2) is 0 Å². The largest absolute Gasteiger partial charge is 0.384 e. The van der Waals surface area contributed by atoms with Gasteiger partial charge in [-0.1, -0.05) is 0 Å². The van der Waals surface area contributed by atoms with Crippen molar-refractivity contribution in [3.63, 3.8) is 0 Å². The fourth-order valence-corrected chi connectivity index (χ4v) is 0.896. The summed E-state index contributed by atoms with van der Waals surface area (Å²) in [7, 11) is 1.75. The lowest BCUT2D eigenvalue weighted by molar-refractivity contribution is 0.0802. The molecule has 0 bridgehead atoms. The van der Waals surface area contributed by atoms with Crippen LogP contribution in [0.1, 0.15) is 17.3 Å². The predicted molar refractivity (Wildman–Crippen MR) is 51.3 cm³/mol. The minimum absolute atomic E-state index is 0.0324. The fourth-order valence-electron chi connectivity index (χ4n) is 0.896. The molecule has 0 atom stereocenters. The van der Waals surface area contributed by atoms with Crippen LogP contribution < -0.4 is 5.73 Å². The molecule has 4 nitrogen and oxygen atoms in total. The van der Waals surface area contributed by atoms with Gasteiger partial charge in [-0.15, -0.1) is 0 Å². The monoisotopic (exact) mass is 179 g/mol. The Labute approximate surface area is 77.4 Å². The number of anilines is 1. The van der Waals surface area contributed by atoms with Crippen LogP contribution in [0.3, 0.4) is 0 Å². The van der Waals surface area contributed by atoms with Crippen molar-refractivity contribution in [3.8, 4) is 0 Å². The molecule has 0 saturated carbocycles. The third kappa shape index (κ3) is 2.18. The highest BCUT2D eigenvalue weighted by atomic mass is 16.2. The highest BCUT2D eigenvalue weighted by Gasteiger charge is 2.09. The number of carbonyl (C=O) groups is 1. The van der Waals surface area contributed by atoms with Crippen LogP contribution in [-0.4, -0.2) is 29.4 Å². The molecule has 0 radical (unpaired) electrons. The molecular weight excluding hydrogens is 166 g/mol. The molecule has 1 aromatic rings. The average molecular weight is 179 g/mol. The number of pyridine rings is 1. The molecule has 0 spiro atoms. The van der Waals surface area contributed by atoms with E-state index in [2.05, 4.69) is 4.98 Å². The SMILES string of the molecule is CCN(C)C(=O)c1ccc(N)nc1. The molecule has 1 amide bonds. The Morgan fingerprint density at radius 2 is 2.31 bits per heavy atom. The maximum atomic E-state index is 11.5. The molecule has 70 valence electrons. The third-order valence-corrected chi connectivity index (χ3v) is 1.85. The van der Waals surface area contributed by atoms with Gasteiger partial charge in [-0.3, -0.25) is 4.79 Å². The maximum absolute atomic E-state index is 11.5. The Morgan fingerprint density at radius 1 is 1.62 bits per heavy atom. The number of amides is 1. The van der Waals surface area contributed by atoms with Crippen molar-refractivity contribution in [3.05, 3.63) is 23.9 Å². The van der Waals surface area contributed by atoms with E-state index in [4.69, 9.17) is 5.73 Å². The van der Waals surface area contributed by atoms with Gasteiger partial charge in [0.05, 0.1) is 5.56 Å². The summed E-state index contributed by atoms with van der Waals surface area (Å²) in [6, 6.07) is 3.30. The number of carbonyl (C=O) groups excluding carboxylic acids is 1. The van der Waals surface area contributed by atoms with E-state index in [9.17, 15) is 4.79 Å². The van der Waals surface area contributed by atoms with E-state index >= 15 is 0 Å². The minimum atomic E-state index is -0.0324. The Kier molecular flexibility index (Phi) is 2.84. The molecule has 1 rings (SSSR count). The molecule has 2 N–H and O–H groups in total. The second-order valence-electron chi connectivity index (χ2n) is 2.79. The van der Waals surface area contributed by atoms with Gasteiger partial charge in [0, 0.05) is 19.8 Å². The van der Waals surface area contributed by atoms with Crippen molar-refractivity contribution in [1.82, 2.24) is 9.88 Å². The van der Waals surface area contributed by atoms with Crippen LogP contribution in [0.4, 0.5) is 5.82 Å². The van der Waals surface area contributed by atoms with Crippen molar-refractivity contribution < 1.29 is 4.79 Å². The lowest BCUT2D eigenvalue weighted by atomic mass is 10.2. The second-order valence-corrected chi connectivity index (χ2v) is 2.79. The van der Waals surface area contributed by atoms with Crippen molar-refractivity contribution in [1.29, 1.82) is 0 Å². The lowest BCUT2D eigenvalue weighted by Gasteiger charge is -2.13. The van der Waals surface area contributed by atoms with Crippen LogP contribution >= 0.6 is 0 Å². The van der Waals surface area contributed by atoms with Crippen LogP contribution in [0.15, 0.2) is 18.3 Å². The number of nitrogens with zero attached hydrogens (tertiary/aromatic N) is 2. The first-order chi connectivity index (χ1) is 6.15. The van der Waals surface area contributed by atoms with E-state index in [1.165, 1.54) is 6.20 Å². The molecular formula is C9H13N3O. The first-order valence-corrected chi connectivity index (χ1v) is 4.12. The number of rotatable bonds is 2. The second kappa shape index (κ2) is 3.89. The van der Waals surface area contributed by atoms with Crippen LogP contribution in [0.5, 0.6) is 0 Å². The molecule has 0 aliphatic rings. The van der Waals surface area contributed by atoms with Crippen molar-refractivity contribution >= 4 is 11.7 Å². The molecule has 0 aromatic carbocycles. The van der Waals surface area contributed by atoms with Crippen LogP contribution in [0, 0.1) is 0 Å². The van der Waals surface area contributed by atoms with Crippen molar-refractivity contribution in [2.75, 3.05) is 19.3 Å². The van der Waals surface area contributed by atoms with Gasteiger partial charge in [-0.05, 0) is 19.1 Å². The zero-order chi connectivity index (χ0) is 9.84. The lowest BCUT2D eigenvalue weighted by Crippen LogP contribution is -2.26. The first kappa shape index (κ1) is 9.51. The Balaban J connectivity index is 2.83. The molecule has 0 unspecified atom stereocenters. The summed E-state index contributed by atoms with van der Waals surface area (Å²) in [6.07, 6.45) is 1.49. The topological polar surface area (TPSA) is 59.2 Å². The number of nitrogens with two attached hydrogens (primary N) is 1. The van der Waals surface area contributed by atoms with E-state index in [0.717, 1.165) is 0 Å². The summed E-state index contributed by atoms with van der Waals surface area (Å²) >= 11 is 0. The van der Waals surface area contributed by atoms with Crippen LogP contribution in [-0.2, 0) is 0 Å². The van der Waals surface area contributed by atoms with Gasteiger partial charge in [0.1, 0.15) is 5.82 Å². The summed E-state index contributed by atoms with van der Waals surface area (Å²) in [5.41, 5.74) is 5.97. The molecule has 0 aliphatic carbocycles. The molecule has 1 aromatic heterocycles. The Bertz CT molecular complexity index is 294. The Morgan fingerprint density at radius 3 is 2.77 bits per heavy atom. The van der Waals surface area contributed by atoms with E-state index in [0.29, 0.717) is 17.9 Å². The Hall–Kier alpha value is -1.58. The van der Waals surface area contributed by atoms with Crippen LogP contribution in [0.25, 0.3) is 0 Å². The summed E-state index contributed by atoms with van der Waals surface area (Å²) in [4.78, 5) is 17.0. The quantitative estimate of drug-likeness (QED) is 0.729. The van der Waals surface area contributed by atoms with Gasteiger partial charge in [0.25, 0.3) is 5.91 Å². The van der Waals surface area contributed by atoms with Gasteiger partial charge >= 0.3 is 0 Å².